The largest absolute Gasteiger partial charge is 0.361 e. The number of halogens is 1. The van der Waals surface area contributed by atoms with Gasteiger partial charge < -0.3 is 4.98 Å². The molecule has 2 amide bonds. The number of aromatic amines is 1. The van der Waals surface area contributed by atoms with Gasteiger partial charge in [-0.1, -0.05) is 34.1 Å². The van der Waals surface area contributed by atoms with E-state index in [1.165, 1.54) is 11.0 Å². The van der Waals surface area contributed by atoms with E-state index in [0.29, 0.717) is 12.1 Å². The molecule has 0 spiro atoms. The molecule has 1 aliphatic rings. The maximum absolute atomic E-state index is 12.4. The van der Waals surface area contributed by atoms with Gasteiger partial charge in [-0.2, -0.15) is 0 Å². The summed E-state index contributed by atoms with van der Waals surface area (Å²) in [6.07, 6.45) is 3.98. The van der Waals surface area contributed by atoms with E-state index in [-0.39, 0.29) is 11.8 Å². The standard InChI is InChI=1S/C15H13BrN2O2/c16-6-3-7-18-14(19)8-11(15(18)20)12-9-17-13-5-2-1-4-10(12)13/h1-2,4-5,8-9,17H,3,6-7H2. The van der Waals surface area contributed by atoms with Gasteiger partial charge in [0.15, 0.2) is 0 Å². The number of H-pyrrole nitrogens is 1. The Kier molecular flexibility index (Phi) is 3.44. The van der Waals surface area contributed by atoms with Crippen LogP contribution in [0.4, 0.5) is 0 Å². The Morgan fingerprint density at radius 2 is 2.00 bits per heavy atom. The van der Waals surface area contributed by atoms with Gasteiger partial charge in [0, 0.05) is 40.6 Å². The van der Waals surface area contributed by atoms with Crippen molar-refractivity contribution >= 4 is 44.2 Å². The number of rotatable bonds is 4. The normalized spacial score (nSPS) is 15.2. The number of alkyl halides is 1. The third-order valence-electron chi connectivity index (χ3n) is 3.40. The summed E-state index contributed by atoms with van der Waals surface area (Å²) in [5.41, 5.74) is 2.23. The van der Waals surface area contributed by atoms with Gasteiger partial charge in [-0.3, -0.25) is 14.5 Å². The summed E-state index contributed by atoms with van der Waals surface area (Å²) in [5, 5.41) is 1.73. The van der Waals surface area contributed by atoms with Crippen LogP contribution in [0.15, 0.2) is 36.5 Å². The molecule has 2 heterocycles. The van der Waals surface area contributed by atoms with E-state index in [2.05, 4.69) is 20.9 Å². The monoisotopic (exact) mass is 332 g/mol. The first-order valence-electron chi connectivity index (χ1n) is 6.42. The van der Waals surface area contributed by atoms with Crippen LogP contribution in [0.25, 0.3) is 16.5 Å². The number of nitrogens with one attached hydrogen (secondary N) is 1. The minimum absolute atomic E-state index is 0.208. The minimum Gasteiger partial charge on any atom is -0.361 e. The fraction of sp³-hybridized carbons (Fsp3) is 0.200. The van der Waals surface area contributed by atoms with E-state index in [1.54, 1.807) is 6.20 Å². The molecule has 1 aromatic carbocycles. The SMILES string of the molecule is O=C1C=C(c2c[nH]c3ccccc23)C(=O)N1CCCBr. The fourth-order valence-corrected chi connectivity index (χ4v) is 2.68. The van der Waals surface area contributed by atoms with Crippen molar-refractivity contribution in [2.75, 3.05) is 11.9 Å². The van der Waals surface area contributed by atoms with Crippen LogP contribution < -0.4 is 0 Å². The average Bonchev–Trinajstić information content (AvgIpc) is 2.99. The van der Waals surface area contributed by atoms with Crippen LogP contribution in [0, 0.1) is 0 Å². The molecule has 0 saturated carbocycles. The van der Waals surface area contributed by atoms with Gasteiger partial charge in [0.05, 0.1) is 5.57 Å². The highest BCUT2D eigenvalue weighted by Gasteiger charge is 2.32. The molecule has 0 fully saturated rings. The van der Waals surface area contributed by atoms with Gasteiger partial charge in [-0.25, -0.2) is 0 Å². The van der Waals surface area contributed by atoms with Crippen LogP contribution in [0.3, 0.4) is 0 Å². The Morgan fingerprint density at radius 1 is 1.20 bits per heavy atom. The van der Waals surface area contributed by atoms with Gasteiger partial charge in [-0.05, 0) is 12.5 Å². The molecule has 2 aromatic rings. The zero-order valence-electron chi connectivity index (χ0n) is 10.7. The van der Waals surface area contributed by atoms with Crippen molar-refractivity contribution in [1.29, 1.82) is 0 Å². The van der Waals surface area contributed by atoms with Crippen molar-refractivity contribution in [3.8, 4) is 0 Å². The zero-order valence-corrected chi connectivity index (χ0v) is 12.3. The molecule has 102 valence electrons. The number of hydrogen-bond acceptors (Lipinski definition) is 2. The molecule has 4 nitrogen and oxygen atoms in total. The second kappa shape index (κ2) is 5.25. The van der Waals surface area contributed by atoms with Crippen LogP contribution in [0.1, 0.15) is 12.0 Å². The molecule has 3 rings (SSSR count). The second-order valence-corrected chi connectivity index (χ2v) is 5.44. The summed E-state index contributed by atoms with van der Waals surface area (Å²) in [4.78, 5) is 28.7. The Morgan fingerprint density at radius 3 is 2.80 bits per heavy atom. The van der Waals surface area contributed by atoms with Crippen LogP contribution in [-0.2, 0) is 9.59 Å². The lowest BCUT2D eigenvalue weighted by Crippen LogP contribution is -2.31. The van der Waals surface area contributed by atoms with Crippen molar-refractivity contribution in [2.45, 2.75) is 6.42 Å². The first kappa shape index (κ1) is 13.1. The van der Waals surface area contributed by atoms with Gasteiger partial charge in [-0.15, -0.1) is 0 Å². The lowest BCUT2D eigenvalue weighted by Gasteiger charge is -2.13. The number of para-hydroxylation sites is 1. The highest BCUT2D eigenvalue weighted by Crippen LogP contribution is 2.29. The maximum Gasteiger partial charge on any atom is 0.261 e. The number of carbonyl (C=O) groups excluding carboxylic acids is 2. The van der Waals surface area contributed by atoms with E-state index in [9.17, 15) is 9.59 Å². The van der Waals surface area contributed by atoms with E-state index in [4.69, 9.17) is 0 Å². The predicted octanol–water partition coefficient (Wildman–Crippen LogP) is 2.71. The number of hydrogen-bond donors (Lipinski definition) is 1. The first-order chi connectivity index (χ1) is 9.72. The molecule has 0 bridgehead atoms. The van der Waals surface area contributed by atoms with Crippen LogP contribution in [0.2, 0.25) is 0 Å². The third kappa shape index (κ3) is 2.08. The van der Waals surface area contributed by atoms with Crippen molar-refractivity contribution in [2.24, 2.45) is 0 Å². The molecular weight excluding hydrogens is 320 g/mol. The molecule has 1 aliphatic heterocycles. The summed E-state index contributed by atoms with van der Waals surface area (Å²) < 4.78 is 0. The van der Waals surface area contributed by atoms with Crippen LogP contribution in [0.5, 0.6) is 0 Å². The Bertz CT molecular complexity index is 717. The zero-order chi connectivity index (χ0) is 14.1. The summed E-state index contributed by atoms with van der Waals surface area (Å²) >= 11 is 3.31. The molecule has 0 saturated heterocycles. The molecule has 5 heteroatoms. The van der Waals surface area contributed by atoms with E-state index in [1.807, 2.05) is 24.3 Å². The predicted molar refractivity (Wildman–Crippen MR) is 81.4 cm³/mol. The van der Waals surface area contributed by atoms with Gasteiger partial charge in [0.1, 0.15) is 0 Å². The molecular formula is C15H13BrN2O2. The number of amides is 2. The summed E-state index contributed by atoms with van der Waals surface area (Å²) in [6.45, 7) is 0.450. The molecule has 0 aliphatic carbocycles. The Hall–Kier alpha value is -1.88. The number of benzene rings is 1. The second-order valence-electron chi connectivity index (χ2n) is 4.64. The number of fused-ring (bicyclic) bond motifs is 1. The summed E-state index contributed by atoms with van der Waals surface area (Å²) in [7, 11) is 0. The number of imide groups is 1. The topological polar surface area (TPSA) is 53.2 Å². The molecule has 1 aromatic heterocycles. The third-order valence-corrected chi connectivity index (χ3v) is 3.96. The van der Waals surface area contributed by atoms with Crippen molar-refractivity contribution in [3.05, 3.63) is 42.1 Å². The van der Waals surface area contributed by atoms with E-state index < -0.39 is 0 Å². The number of carbonyl (C=O) groups is 2. The molecule has 20 heavy (non-hydrogen) atoms. The molecule has 0 radical (unpaired) electrons. The Labute approximate surface area is 124 Å². The smallest absolute Gasteiger partial charge is 0.261 e. The van der Waals surface area contributed by atoms with Crippen molar-refractivity contribution in [1.82, 2.24) is 9.88 Å². The fourth-order valence-electron chi connectivity index (χ4n) is 2.43. The van der Waals surface area contributed by atoms with Gasteiger partial charge >= 0.3 is 0 Å². The highest BCUT2D eigenvalue weighted by molar-refractivity contribution is 9.09. The average molecular weight is 333 g/mol. The van der Waals surface area contributed by atoms with E-state index >= 15 is 0 Å². The highest BCUT2D eigenvalue weighted by atomic mass is 79.9. The number of nitrogens with zero attached hydrogens (tertiary/aromatic N) is 1. The molecule has 0 atom stereocenters. The maximum atomic E-state index is 12.4. The van der Waals surface area contributed by atoms with Crippen molar-refractivity contribution in [3.63, 3.8) is 0 Å². The number of aromatic nitrogens is 1. The van der Waals surface area contributed by atoms with Gasteiger partial charge in [0.25, 0.3) is 11.8 Å². The van der Waals surface area contributed by atoms with Crippen LogP contribution >= 0.6 is 15.9 Å². The summed E-state index contributed by atoms with van der Waals surface area (Å²) in [5.74, 6) is -0.433. The lowest BCUT2D eigenvalue weighted by atomic mass is 10.1. The van der Waals surface area contributed by atoms with E-state index in [0.717, 1.165) is 28.2 Å². The van der Waals surface area contributed by atoms with Gasteiger partial charge in [0.2, 0.25) is 0 Å². The summed E-state index contributed by atoms with van der Waals surface area (Å²) in [6, 6.07) is 7.75. The van der Waals surface area contributed by atoms with Crippen LogP contribution in [-0.4, -0.2) is 33.6 Å². The Balaban J connectivity index is 1.97. The lowest BCUT2D eigenvalue weighted by molar-refractivity contribution is -0.136. The van der Waals surface area contributed by atoms with Crippen molar-refractivity contribution < 1.29 is 9.59 Å². The quantitative estimate of drug-likeness (QED) is 0.691. The first-order valence-corrected chi connectivity index (χ1v) is 7.54. The molecule has 1 N–H and O–H groups in total. The molecule has 0 unspecified atom stereocenters. The minimum atomic E-state index is -0.226.